The fourth-order valence-corrected chi connectivity index (χ4v) is 1.62. The normalized spacial score (nSPS) is 18.4. The Balaban J connectivity index is 4.84. The lowest BCUT2D eigenvalue weighted by molar-refractivity contribution is -0.163. The summed E-state index contributed by atoms with van der Waals surface area (Å²) >= 11 is 0. The standard InChI is InChI=1S/C10H21NO6/c1-14-5-6(12)7(15-2)8(16-3)9(17-4)10(11)13/h6-9,12H,5H2,1-4H3,(H2,11,13)/t6-,7-,8+,9-/m1/s1. The molecule has 0 unspecified atom stereocenters. The molecule has 0 aliphatic carbocycles. The summed E-state index contributed by atoms with van der Waals surface area (Å²) in [5, 5.41) is 9.80. The third-order valence-corrected chi connectivity index (χ3v) is 2.42. The van der Waals surface area contributed by atoms with Crippen LogP contribution >= 0.6 is 0 Å². The van der Waals surface area contributed by atoms with E-state index in [4.69, 9.17) is 24.7 Å². The zero-order chi connectivity index (χ0) is 13.4. The first kappa shape index (κ1) is 16.3. The van der Waals surface area contributed by atoms with Crippen molar-refractivity contribution >= 4 is 5.91 Å². The van der Waals surface area contributed by atoms with Gasteiger partial charge in [0, 0.05) is 28.4 Å². The fourth-order valence-electron chi connectivity index (χ4n) is 1.62. The van der Waals surface area contributed by atoms with Crippen LogP contribution in [0, 0.1) is 0 Å². The fraction of sp³-hybridized carbons (Fsp3) is 0.900. The first-order valence-corrected chi connectivity index (χ1v) is 5.08. The lowest BCUT2D eigenvalue weighted by Crippen LogP contribution is -2.53. The van der Waals surface area contributed by atoms with Crippen molar-refractivity contribution in [1.82, 2.24) is 0 Å². The Morgan fingerprint density at radius 1 is 1.12 bits per heavy atom. The number of ether oxygens (including phenoxy) is 4. The van der Waals surface area contributed by atoms with Gasteiger partial charge in [0.05, 0.1) is 6.61 Å². The van der Waals surface area contributed by atoms with Crippen molar-refractivity contribution in [2.24, 2.45) is 5.73 Å². The van der Waals surface area contributed by atoms with Gasteiger partial charge in [-0.05, 0) is 0 Å². The van der Waals surface area contributed by atoms with Crippen LogP contribution in [-0.2, 0) is 23.7 Å². The Morgan fingerprint density at radius 2 is 1.65 bits per heavy atom. The summed E-state index contributed by atoms with van der Waals surface area (Å²) < 4.78 is 20.0. The van der Waals surface area contributed by atoms with Crippen LogP contribution < -0.4 is 5.73 Å². The summed E-state index contributed by atoms with van der Waals surface area (Å²) in [6.07, 6.45) is -3.55. The highest BCUT2D eigenvalue weighted by molar-refractivity contribution is 5.79. The molecule has 0 heterocycles. The van der Waals surface area contributed by atoms with Crippen molar-refractivity contribution in [1.29, 1.82) is 0 Å². The third-order valence-electron chi connectivity index (χ3n) is 2.42. The Kier molecular flexibility index (Phi) is 8.01. The second kappa shape index (κ2) is 8.37. The van der Waals surface area contributed by atoms with Gasteiger partial charge in [0.15, 0.2) is 6.10 Å². The molecule has 102 valence electrons. The van der Waals surface area contributed by atoms with Crippen molar-refractivity contribution in [3.8, 4) is 0 Å². The number of primary amides is 1. The number of aliphatic hydroxyl groups excluding tert-OH is 1. The van der Waals surface area contributed by atoms with Gasteiger partial charge >= 0.3 is 0 Å². The average Bonchev–Trinajstić information content (AvgIpc) is 2.28. The Morgan fingerprint density at radius 3 is 1.94 bits per heavy atom. The maximum absolute atomic E-state index is 11.2. The molecule has 0 spiro atoms. The lowest BCUT2D eigenvalue weighted by atomic mass is 10.0. The molecule has 0 aromatic heterocycles. The van der Waals surface area contributed by atoms with Crippen molar-refractivity contribution in [3.05, 3.63) is 0 Å². The Bertz CT molecular complexity index is 225. The molecule has 0 aromatic carbocycles. The molecular formula is C10H21NO6. The number of methoxy groups -OCH3 is 4. The van der Waals surface area contributed by atoms with Crippen LogP contribution in [0.3, 0.4) is 0 Å². The molecule has 3 N–H and O–H groups in total. The van der Waals surface area contributed by atoms with Gasteiger partial charge in [-0.2, -0.15) is 0 Å². The number of rotatable bonds is 9. The number of aliphatic hydroxyl groups is 1. The van der Waals surface area contributed by atoms with Crippen molar-refractivity contribution in [2.45, 2.75) is 24.4 Å². The highest BCUT2D eigenvalue weighted by Gasteiger charge is 2.37. The summed E-state index contributed by atoms with van der Waals surface area (Å²) in [5.41, 5.74) is 5.18. The van der Waals surface area contributed by atoms with E-state index >= 15 is 0 Å². The molecule has 0 saturated carbocycles. The molecule has 17 heavy (non-hydrogen) atoms. The monoisotopic (exact) mass is 251 g/mol. The molecule has 0 radical (unpaired) electrons. The molecule has 0 fully saturated rings. The first-order chi connectivity index (χ1) is 8.03. The van der Waals surface area contributed by atoms with Crippen molar-refractivity contribution in [3.63, 3.8) is 0 Å². The van der Waals surface area contributed by atoms with Gasteiger partial charge in [0.25, 0.3) is 0 Å². The minimum atomic E-state index is -1.00. The van der Waals surface area contributed by atoms with Crippen LogP contribution in [0.15, 0.2) is 0 Å². The van der Waals surface area contributed by atoms with Gasteiger partial charge in [-0.15, -0.1) is 0 Å². The number of nitrogens with two attached hydrogens (primary N) is 1. The van der Waals surface area contributed by atoms with E-state index in [1.807, 2.05) is 0 Å². The summed E-state index contributed by atoms with van der Waals surface area (Å²) in [6, 6.07) is 0. The number of carbonyl (C=O) groups excluding carboxylic acids is 1. The largest absolute Gasteiger partial charge is 0.388 e. The molecule has 0 aromatic rings. The summed E-state index contributed by atoms with van der Waals surface area (Å²) in [5.74, 6) is -0.689. The smallest absolute Gasteiger partial charge is 0.249 e. The Hall–Kier alpha value is -0.730. The highest BCUT2D eigenvalue weighted by atomic mass is 16.6. The minimum Gasteiger partial charge on any atom is -0.388 e. The van der Waals surface area contributed by atoms with Gasteiger partial charge < -0.3 is 29.8 Å². The van der Waals surface area contributed by atoms with Gasteiger partial charge in [-0.3, -0.25) is 4.79 Å². The summed E-state index contributed by atoms with van der Waals surface area (Å²) in [7, 11) is 5.55. The molecule has 0 rings (SSSR count). The molecule has 0 saturated heterocycles. The van der Waals surface area contributed by atoms with Crippen LogP contribution in [0.2, 0.25) is 0 Å². The van der Waals surface area contributed by atoms with Gasteiger partial charge in [0.2, 0.25) is 5.91 Å². The van der Waals surface area contributed by atoms with Gasteiger partial charge in [-0.25, -0.2) is 0 Å². The van der Waals surface area contributed by atoms with Crippen LogP contribution in [0.5, 0.6) is 0 Å². The average molecular weight is 251 g/mol. The van der Waals surface area contributed by atoms with Gasteiger partial charge in [0.1, 0.15) is 18.3 Å². The maximum Gasteiger partial charge on any atom is 0.249 e. The lowest BCUT2D eigenvalue weighted by Gasteiger charge is -2.31. The molecule has 0 bridgehead atoms. The predicted octanol–water partition coefficient (Wildman–Crippen LogP) is -1.48. The van der Waals surface area contributed by atoms with E-state index in [9.17, 15) is 9.90 Å². The number of hydrogen-bond donors (Lipinski definition) is 2. The minimum absolute atomic E-state index is 0.0492. The van der Waals surface area contributed by atoms with E-state index in [1.165, 1.54) is 28.4 Å². The van der Waals surface area contributed by atoms with Crippen molar-refractivity contribution < 1.29 is 28.8 Å². The Labute approximate surface area is 101 Å². The van der Waals surface area contributed by atoms with E-state index in [-0.39, 0.29) is 6.61 Å². The summed E-state index contributed by atoms with van der Waals surface area (Å²) in [6.45, 7) is 0.0492. The first-order valence-electron chi connectivity index (χ1n) is 5.08. The second-order valence-corrected chi connectivity index (χ2v) is 3.48. The SMILES string of the molecule is COC[C@@H](O)[C@@H](OC)[C@H](OC)[C@@H](OC)C(N)=O. The number of carbonyl (C=O) groups is 1. The second-order valence-electron chi connectivity index (χ2n) is 3.48. The highest BCUT2D eigenvalue weighted by Crippen LogP contribution is 2.14. The molecule has 4 atom stereocenters. The zero-order valence-corrected chi connectivity index (χ0v) is 10.6. The molecule has 7 nitrogen and oxygen atoms in total. The molecular weight excluding hydrogens is 230 g/mol. The molecule has 7 heteroatoms. The van der Waals surface area contributed by atoms with Crippen LogP contribution in [0.4, 0.5) is 0 Å². The van der Waals surface area contributed by atoms with Crippen LogP contribution in [-0.4, -0.2) is 70.5 Å². The number of hydrogen-bond acceptors (Lipinski definition) is 6. The molecule has 1 amide bonds. The quantitative estimate of drug-likeness (QED) is 0.518. The predicted molar refractivity (Wildman–Crippen MR) is 59.5 cm³/mol. The van der Waals surface area contributed by atoms with E-state index in [2.05, 4.69) is 0 Å². The van der Waals surface area contributed by atoms with Crippen LogP contribution in [0.25, 0.3) is 0 Å². The van der Waals surface area contributed by atoms with Crippen molar-refractivity contribution in [2.75, 3.05) is 35.0 Å². The van der Waals surface area contributed by atoms with Gasteiger partial charge in [-0.1, -0.05) is 0 Å². The summed E-state index contributed by atoms with van der Waals surface area (Å²) in [4.78, 5) is 11.2. The maximum atomic E-state index is 11.2. The zero-order valence-electron chi connectivity index (χ0n) is 10.6. The van der Waals surface area contributed by atoms with E-state index in [1.54, 1.807) is 0 Å². The van der Waals surface area contributed by atoms with E-state index in [0.717, 1.165) is 0 Å². The topological polar surface area (TPSA) is 100 Å². The van der Waals surface area contributed by atoms with Crippen LogP contribution in [0.1, 0.15) is 0 Å². The van der Waals surface area contributed by atoms with E-state index in [0.29, 0.717) is 0 Å². The van der Waals surface area contributed by atoms with E-state index < -0.39 is 30.3 Å². The third kappa shape index (κ3) is 4.57. The molecule has 0 aliphatic rings. The molecule has 0 aliphatic heterocycles. The number of amides is 1.